The lowest BCUT2D eigenvalue weighted by molar-refractivity contribution is -0.192. The summed E-state index contributed by atoms with van der Waals surface area (Å²) in [6.07, 6.45) is 3.65. The van der Waals surface area contributed by atoms with Crippen molar-refractivity contribution in [1.82, 2.24) is 20.1 Å². The number of likely N-dealkylation sites (tertiary alicyclic amines) is 1. The monoisotopic (exact) mass is 485 g/mol. The van der Waals surface area contributed by atoms with Gasteiger partial charge in [0.15, 0.2) is 0 Å². The van der Waals surface area contributed by atoms with E-state index < -0.39 is 12.1 Å². The number of para-hydroxylation sites is 1. The third-order valence-electron chi connectivity index (χ3n) is 6.27. The molecule has 0 saturated carbocycles. The van der Waals surface area contributed by atoms with Crippen LogP contribution in [0.15, 0.2) is 67.3 Å². The van der Waals surface area contributed by atoms with Crippen LogP contribution in [0.3, 0.4) is 0 Å². The van der Waals surface area contributed by atoms with Crippen LogP contribution in [-0.2, 0) is 10.2 Å². The van der Waals surface area contributed by atoms with Crippen LogP contribution in [0.1, 0.15) is 28.8 Å². The average molecular weight is 485 g/mol. The van der Waals surface area contributed by atoms with Crippen LogP contribution in [0, 0.1) is 0 Å². The summed E-state index contributed by atoms with van der Waals surface area (Å²) >= 11 is 0. The van der Waals surface area contributed by atoms with E-state index in [0.717, 1.165) is 38.2 Å². The first-order valence-corrected chi connectivity index (χ1v) is 10.8. The molecule has 0 radical (unpaired) electrons. The zero-order chi connectivity index (χ0) is 25.1. The summed E-state index contributed by atoms with van der Waals surface area (Å²) in [6, 6.07) is 14.5. The number of amides is 1. The van der Waals surface area contributed by atoms with E-state index in [2.05, 4.69) is 50.4 Å². The number of aromatic nitrogens is 3. The number of rotatable bonds is 2. The molecule has 1 amide bonds. The van der Waals surface area contributed by atoms with Gasteiger partial charge in [-0.25, -0.2) is 4.79 Å². The predicted octanol–water partition coefficient (Wildman–Crippen LogP) is 3.83. The van der Waals surface area contributed by atoms with Gasteiger partial charge in [0.25, 0.3) is 5.91 Å². The van der Waals surface area contributed by atoms with Crippen molar-refractivity contribution in [3.63, 3.8) is 0 Å². The first kappa shape index (κ1) is 24.1. The smallest absolute Gasteiger partial charge is 0.475 e. The number of carboxylic acid groups (broad SMARTS) is 1. The molecule has 1 N–H and O–H groups in total. The molecule has 35 heavy (non-hydrogen) atoms. The highest BCUT2D eigenvalue weighted by molar-refractivity contribution is 5.94. The summed E-state index contributed by atoms with van der Waals surface area (Å²) in [5.74, 6) is -2.72. The molecule has 3 aromatic rings. The van der Waals surface area contributed by atoms with Crippen molar-refractivity contribution in [2.45, 2.75) is 24.4 Å². The number of benzene rings is 1. The summed E-state index contributed by atoms with van der Waals surface area (Å²) < 4.78 is 31.7. The van der Waals surface area contributed by atoms with Crippen LogP contribution in [0.4, 0.5) is 24.5 Å². The number of carbonyl (C=O) groups excluding carboxylic acids is 1. The van der Waals surface area contributed by atoms with Gasteiger partial charge < -0.3 is 14.9 Å². The SMILES string of the molecule is O=C(O)C(F)(F)F.O=C(c1ccnnc1)N1CCC2(CC1)CN(c1cccnc1)c1ccccc12. The first-order chi connectivity index (χ1) is 16.7. The van der Waals surface area contributed by atoms with Crippen molar-refractivity contribution in [3.8, 4) is 0 Å². The fraction of sp³-hybridized carbons (Fsp3) is 0.292. The summed E-state index contributed by atoms with van der Waals surface area (Å²) in [6.45, 7) is 2.42. The second kappa shape index (κ2) is 9.69. The maximum absolute atomic E-state index is 12.8. The standard InChI is InChI=1S/C22H21N5O.C2HF3O2/c28-21(17-7-11-24-25-14-17)26-12-8-22(9-13-26)16-27(18-4-3-10-23-15-18)20-6-2-1-5-19(20)22;3-2(4,5)1(6)7/h1-7,10-11,14-15H,8-9,12-13,16H2;(H,6,7). The minimum absolute atomic E-state index is 0.0418. The topological polar surface area (TPSA) is 99.5 Å². The summed E-state index contributed by atoms with van der Waals surface area (Å²) in [5.41, 5.74) is 4.44. The normalized spacial score (nSPS) is 16.3. The second-order valence-electron chi connectivity index (χ2n) is 8.32. The highest BCUT2D eigenvalue weighted by Crippen LogP contribution is 2.49. The number of pyridine rings is 1. The fourth-order valence-electron chi connectivity index (χ4n) is 4.54. The Morgan fingerprint density at radius 3 is 2.26 bits per heavy atom. The molecule has 0 atom stereocenters. The Morgan fingerprint density at radius 2 is 1.66 bits per heavy atom. The Kier molecular flexibility index (Phi) is 6.68. The molecule has 5 rings (SSSR count). The Balaban J connectivity index is 0.000000364. The van der Waals surface area contributed by atoms with Crippen molar-refractivity contribution in [2.75, 3.05) is 24.5 Å². The summed E-state index contributed by atoms with van der Waals surface area (Å²) in [7, 11) is 0. The van der Waals surface area contributed by atoms with Gasteiger partial charge in [-0.15, -0.1) is 0 Å². The van der Waals surface area contributed by atoms with Crippen molar-refractivity contribution in [2.24, 2.45) is 0 Å². The molecule has 2 aliphatic heterocycles. The van der Waals surface area contributed by atoms with Gasteiger partial charge in [-0.2, -0.15) is 23.4 Å². The van der Waals surface area contributed by atoms with Gasteiger partial charge in [-0.3, -0.25) is 9.78 Å². The molecular formula is C24H22F3N5O3. The molecule has 1 spiro atoms. The molecular weight excluding hydrogens is 463 g/mol. The highest BCUT2D eigenvalue weighted by atomic mass is 19.4. The number of halogens is 3. The van der Waals surface area contributed by atoms with Crippen LogP contribution < -0.4 is 4.90 Å². The van der Waals surface area contributed by atoms with Crippen LogP contribution >= 0.6 is 0 Å². The third kappa shape index (κ3) is 5.08. The molecule has 1 fully saturated rings. The van der Waals surface area contributed by atoms with Crippen molar-refractivity contribution < 1.29 is 27.9 Å². The van der Waals surface area contributed by atoms with E-state index in [-0.39, 0.29) is 11.3 Å². The minimum atomic E-state index is -5.08. The van der Waals surface area contributed by atoms with E-state index in [1.807, 2.05) is 17.2 Å². The van der Waals surface area contributed by atoms with Gasteiger partial charge in [-0.1, -0.05) is 18.2 Å². The van der Waals surface area contributed by atoms with Crippen molar-refractivity contribution in [1.29, 1.82) is 0 Å². The summed E-state index contributed by atoms with van der Waals surface area (Å²) in [5, 5.41) is 14.7. The highest BCUT2D eigenvalue weighted by Gasteiger charge is 2.45. The van der Waals surface area contributed by atoms with Crippen LogP contribution in [0.2, 0.25) is 0 Å². The Morgan fingerprint density at radius 1 is 0.943 bits per heavy atom. The lowest BCUT2D eigenvalue weighted by Crippen LogP contribution is -2.46. The molecule has 0 bridgehead atoms. The fourth-order valence-corrected chi connectivity index (χ4v) is 4.54. The number of carboxylic acids is 1. The molecule has 1 aromatic carbocycles. The number of hydrogen-bond acceptors (Lipinski definition) is 6. The quantitative estimate of drug-likeness (QED) is 0.589. The number of hydrogen-bond donors (Lipinski definition) is 1. The number of carbonyl (C=O) groups is 2. The lowest BCUT2D eigenvalue weighted by atomic mass is 9.74. The zero-order valence-corrected chi connectivity index (χ0v) is 18.5. The van der Waals surface area contributed by atoms with E-state index in [1.165, 1.54) is 11.3 Å². The molecule has 1 saturated heterocycles. The number of anilines is 2. The molecule has 182 valence electrons. The Bertz CT molecular complexity index is 1180. The summed E-state index contributed by atoms with van der Waals surface area (Å²) in [4.78, 5) is 30.3. The molecule has 0 aliphatic carbocycles. The van der Waals surface area contributed by atoms with Crippen LogP contribution in [0.25, 0.3) is 0 Å². The number of fused-ring (bicyclic) bond motifs is 2. The number of piperidine rings is 1. The maximum Gasteiger partial charge on any atom is 0.490 e. The number of alkyl halides is 3. The number of aliphatic carboxylic acids is 1. The third-order valence-corrected chi connectivity index (χ3v) is 6.27. The lowest BCUT2D eigenvalue weighted by Gasteiger charge is -2.40. The molecule has 0 unspecified atom stereocenters. The van der Waals surface area contributed by atoms with Gasteiger partial charge in [0.1, 0.15) is 0 Å². The average Bonchev–Trinajstić information content (AvgIpc) is 3.19. The van der Waals surface area contributed by atoms with E-state index in [9.17, 15) is 18.0 Å². The Hall–Kier alpha value is -4.02. The predicted molar refractivity (Wildman–Crippen MR) is 120 cm³/mol. The largest absolute Gasteiger partial charge is 0.490 e. The van der Waals surface area contributed by atoms with Gasteiger partial charge >= 0.3 is 12.1 Å². The molecule has 4 heterocycles. The molecule has 2 aliphatic rings. The number of nitrogens with zero attached hydrogens (tertiary/aromatic N) is 5. The second-order valence-corrected chi connectivity index (χ2v) is 8.32. The van der Waals surface area contributed by atoms with E-state index in [1.54, 1.807) is 24.7 Å². The molecule has 11 heteroatoms. The maximum atomic E-state index is 12.8. The van der Waals surface area contributed by atoms with Gasteiger partial charge in [-0.05, 0) is 42.7 Å². The van der Waals surface area contributed by atoms with Crippen LogP contribution in [-0.4, -0.2) is 62.9 Å². The van der Waals surface area contributed by atoms with Gasteiger partial charge in [0.05, 0.1) is 29.8 Å². The van der Waals surface area contributed by atoms with Crippen molar-refractivity contribution in [3.05, 3.63) is 78.4 Å². The molecule has 2 aromatic heterocycles. The van der Waals surface area contributed by atoms with E-state index in [0.29, 0.717) is 5.56 Å². The first-order valence-electron chi connectivity index (χ1n) is 10.8. The van der Waals surface area contributed by atoms with E-state index >= 15 is 0 Å². The van der Waals surface area contributed by atoms with Crippen LogP contribution in [0.5, 0.6) is 0 Å². The van der Waals surface area contributed by atoms with Gasteiger partial charge in [0.2, 0.25) is 0 Å². The van der Waals surface area contributed by atoms with E-state index in [4.69, 9.17) is 9.90 Å². The minimum Gasteiger partial charge on any atom is -0.475 e. The van der Waals surface area contributed by atoms with Crippen molar-refractivity contribution >= 4 is 23.3 Å². The zero-order valence-electron chi connectivity index (χ0n) is 18.5. The van der Waals surface area contributed by atoms with Gasteiger partial charge in [0, 0.05) is 36.9 Å². The molecule has 8 nitrogen and oxygen atoms in total. The Labute approximate surface area is 199 Å².